The van der Waals surface area contributed by atoms with Crippen molar-refractivity contribution in [2.75, 3.05) is 6.54 Å². The van der Waals surface area contributed by atoms with Crippen molar-refractivity contribution in [2.24, 2.45) is 16.6 Å². The van der Waals surface area contributed by atoms with Gasteiger partial charge in [0.2, 0.25) is 0 Å². The van der Waals surface area contributed by atoms with Gasteiger partial charge in [-0.25, -0.2) is 13.6 Å². The van der Waals surface area contributed by atoms with Gasteiger partial charge in [-0.3, -0.25) is 15.1 Å². The van der Waals surface area contributed by atoms with E-state index in [1.54, 1.807) is 0 Å². The normalized spacial score (nSPS) is 30.2. The van der Waals surface area contributed by atoms with Crippen LogP contribution in [0.3, 0.4) is 0 Å². The first-order chi connectivity index (χ1) is 11.6. The summed E-state index contributed by atoms with van der Waals surface area (Å²) in [6.45, 7) is 1.58. The predicted molar refractivity (Wildman–Crippen MR) is 86.4 cm³/mol. The lowest BCUT2D eigenvalue weighted by atomic mass is 9.85. The molecule has 8 nitrogen and oxygen atoms in total. The van der Waals surface area contributed by atoms with Gasteiger partial charge in [0.25, 0.3) is 5.69 Å². The molecule has 25 heavy (non-hydrogen) atoms. The lowest BCUT2D eigenvalue weighted by Crippen LogP contribution is -2.41. The number of hydrogen-bond donors (Lipinski definition) is 3. The van der Waals surface area contributed by atoms with Gasteiger partial charge in [0, 0.05) is 28.8 Å². The number of carbonyl (C=O) groups is 1. The van der Waals surface area contributed by atoms with E-state index in [9.17, 15) is 23.7 Å². The third-order valence-corrected chi connectivity index (χ3v) is 5.96. The molecule has 0 aromatic heterocycles. The number of amidine groups is 1. The van der Waals surface area contributed by atoms with E-state index in [4.69, 9.17) is 10.8 Å². The lowest BCUT2D eigenvalue weighted by Gasteiger charge is -2.34. The Bertz CT molecular complexity index is 820. The van der Waals surface area contributed by atoms with Gasteiger partial charge in [-0.15, -0.1) is 0 Å². The van der Waals surface area contributed by atoms with Gasteiger partial charge in [0.05, 0.1) is 16.5 Å². The Kier molecular flexibility index (Phi) is 3.86. The first-order valence-electron chi connectivity index (χ1n) is 7.24. The van der Waals surface area contributed by atoms with Crippen LogP contribution in [0.25, 0.3) is 0 Å². The summed E-state index contributed by atoms with van der Waals surface area (Å²) >= 11 is 1.17. The van der Waals surface area contributed by atoms with Crippen LogP contribution in [0, 0.1) is 27.7 Å². The van der Waals surface area contributed by atoms with Crippen molar-refractivity contribution in [1.82, 2.24) is 5.32 Å². The summed E-state index contributed by atoms with van der Waals surface area (Å²) in [5.74, 6) is -2.91. The van der Waals surface area contributed by atoms with Gasteiger partial charge in [-0.1, -0.05) is 11.8 Å². The summed E-state index contributed by atoms with van der Waals surface area (Å²) in [6, 6.07) is 1.47. The first kappa shape index (κ1) is 17.4. The van der Waals surface area contributed by atoms with Crippen molar-refractivity contribution in [3.63, 3.8) is 0 Å². The molecule has 4 N–H and O–H groups in total. The van der Waals surface area contributed by atoms with Gasteiger partial charge >= 0.3 is 6.09 Å². The van der Waals surface area contributed by atoms with Gasteiger partial charge in [0.1, 0.15) is 0 Å². The van der Waals surface area contributed by atoms with Gasteiger partial charge in [0.15, 0.2) is 16.8 Å². The molecular formula is C14H14F2N4O4S. The number of nitrogens with zero attached hydrogens (tertiary/aromatic N) is 2. The minimum Gasteiger partial charge on any atom is -0.465 e. The maximum atomic E-state index is 14.4. The second-order valence-corrected chi connectivity index (χ2v) is 7.66. The number of halogens is 2. The molecule has 0 saturated heterocycles. The minimum absolute atomic E-state index is 0.0580. The number of non-ortho nitro benzene ring substituents is 1. The highest BCUT2D eigenvalue weighted by atomic mass is 32.2. The molecule has 0 spiro atoms. The number of rotatable bonds is 4. The number of nitrogens with one attached hydrogen (secondary N) is 1. The first-order valence-corrected chi connectivity index (χ1v) is 8.06. The van der Waals surface area contributed by atoms with Gasteiger partial charge < -0.3 is 16.2 Å². The van der Waals surface area contributed by atoms with Crippen LogP contribution in [0.4, 0.5) is 19.3 Å². The average molecular weight is 372 g/mol. The van der Waals surface area contributed by atoms with Crippen LogP contribution in [0.5, 0.6) is 0 Å². The van der Waals surface area contributed by atoms with E-state index in [-0.39, 0.29) is 23.2 Å². The monoisotopic (exact) mass is 372 g/mol. The summed E-state index contributed by atoms with van der Waals surface area (Å²) in [7, 11) is 0. The molecule has 1 aliphatic carbocycles. The Morgan fingerprint density at radius 1 is 1.60 bits per heavy atom. The lowest BCUT2D eigenvalue weighted by molar-refractivity contribution is -0.385. The molecule has 11 heteroatoms. The molecule has 0 unspecified atom stereocenters. The second kappa shape index (κ2) is 5.55. The predicted octanol–water partition coefficient (Wildman–Crippen LogP) is 2.18. The standard InChI is InChI=1S/C14H14F2N4O4S/c1-13(7-2-6(20(23)24)3-8(15)10(7)16)9-4-14(9,5-18-12(21)22)25-11(17)19-13/h2-3,9,18H,4-5H2,1H3,(H2,17,19)(H,21,22)/t9-,13+,14+/m0/s1. The van der Waals surface area contributed by atoms with Crippen LogP contribution in [-0.4, -0.2) is 32.6 Å². The van der Waals surface area contributed by atoms with E-state index in [2.05, 4.69) is 10.3 Å². The van der Waals surface area contributed by atoms with Crippen LogP contribution >= 0.6 is 11.8 Å². The number of benzene rings is 1. The van der Waals surface area contributed by atoms with E-state index in [0.29, 0.717) is 12.5 Å². The fourth-order valence-corrected chi connectivity index (χ4v) is 4.82. The molecule has 2 aliphatic rings. The molecule has 1 aliphatic heterocycles. The fourth-order valence-electron chi connectivity index (χ4n) is 3.40. The Labute approximate surface area is 144 Å². The number of nitrogens with two attached hydrogens (primary N) is 1. The molecule has 1 aromatic rings. The number of nitro groups is 1. The van der Waals surface area contributed by atoms with Crippen LogP contribution in [0.2, 0.25) is 0 Å². The number of nitro benzene ring substituents is 1. The summed E-state index contributed by atoms with van der Waals surface area (Å²) in [5, 5.41) is 22.1. The number of hydrogen-bond acceptors (Lipinski definition) is 6. The van der Waals surface area contributed by atoms with Crippen molar-refractivity contribution in [2.45, 2.75) is 23.6 Å². The smallest absolute Gasteiger partial charge is 0.404 e. The molecular weight excluding hydrogens is 358 g/mol. The van der Waals surface area contributed by atoms with E-state index < -0.39 is 38.6 Å². The highest BCUT2D eigenvalue weighted by Crippen LogP contribution is 2.65. The number of thioether (sulfide) groups is 1. The summed E-state index contributed by atoms with van der Waals surface area (Å²) in [4.78, 5) is 25.2. The van der Waals surface area contributed by atoms with E-state index in [1.807, 2.05) is 0 Å². The Hall–Kier alpha value is -2.43. The van der Waals surface area contributed by atoms with E-state index in [0.717, 1.165) is 6.07 Å². The topological polar surface area (TPSA) is 131 Å². The highest BCUT2D eigenvalue weighted by molar-refractivity contribution is 8.15. The number of carboxylic acid groups (broad SMARTS) is 1. The molecule has 0 radical (unpaired) electrons. The minimum atomic E-state index is -1.34. The summed E-state index contributed by atoms with van der Waals surface area (Å²) in [5.41, 5.74) is 3.66. The molecule has 1 amide bonds. The maximum Gasteiger partial charge on any atom is 0.404 e. The van der Waals surface area contributed by atoms with Crippen molar-refractivity contribution in [3.05, 3.63) is 39.4 Å². The third-order valence-electron chi connectivity index (χ3n) is 4.66. The SMILES string of the molecule is C[C@]1(c2cc([N+](=O)[O-])cc(F)c2F)N=C(N)S[C@@]2(CNC(=O)O)C[C@H]21. The maximum absolute atomic E-state index is 14.4. The summed E-state index contributed by atoms with van der Waals surface area (Å²) < 4.78 is 27.6. The van der Waals surface area contributed by atoms with Crippen LogP contribution < -0.4 is 11.1 Å². The number of fused-ring (bicyclic) bond motifs is 1. The largest absolute Gasteiger partial charge is 0.465 e. The van der Waals surface area contributed by atoms with E-state index >= 15 is 0 Å². The number of amides is 1. The van der Waals surface area contributed by atoms with Gasteiger partial charge in [-0.2, -0.15) is 0 Å². The Morgan fingerprint density at radius 2 is 2.28 bits per heavy atom. The molecule has 1 saturated carbocycles. The molecule has 1 aromatic carbocycles. The van der Waals surface area contributed by atoms with Gasteiger partial charge in [-0.05, 0) is 13.3 Å². The summed E-state index contributed by atoms with van der Waals surface area (Å²) in [6.07, 6.45) is -0.751. The zero-order valence-corrected chi connectivity index (χ0v) is 13.8. The zero-order valence-electron chi connectivity index (χ0n) is 13.0. The Balaban J connectivity index is 2.06. The number of aliphatic imine (C=N–C) groups is 1. The van der Waals surface area contributed by atoms with Crippen LogP contribution in [0.1, 0.15) is 18.9 Å². The molecule has 3 rings (SSSR count). The quantitative estimate of drug-likeness (QED) is 0.548. The molecule has 1 heterocycles. The second-order valence-electron chi connectivity index (χ2n) is 6.23. The fraction of sp³-hybridized carbons (Fsp3) is 0.429. The van der Waals surface area contributed by atoms with Crippen LogP contribution in [-0.2, 0) is 5.54 Å². The molecule has 134 valence electrons. The van der Waals surface area contributed by atoms with Crippen molar-refractivity contribution >= 4 is 28.7 Å². The Morgan fingerprint density at radius 3 is 2.88 bits per heavy atom. The molecule has 0 bridgehead atoms. The molecule has 1 fully saturated rings. The highest BCUT2D eigenvalue weighted by Gasteiger charge is 2.66. The zero-order chi connectivity index (χ0) is 18.6. The van der Waals surface area contributed by atoms with Crippen molar-refractivity contribution in [3.8, 4) is 0 Å². The van der Waals surface area contributed by atoms with Crippen LogP contribution in [0.15, 0.2) is 17.1 Å². The molecule has 3 atom stereocenters. The average Bonchev–Trinajstić information content (AvgIpc) is 3.23. The van der Waals surface area contributed by atoms with Crippen molar-refractivity contribution in [1.29, 1.82) is 0 Å². The van der Waals surface area contributed by atoms with E-state index in [1.165, 1.54) is 18.7 Å². The third kappa shape index (κ3) is 2.77. The van der Waals surface area contributed by atoms with Crippen molar-refractivity contribution < 1.29 is 23.6 Å².